The van der Waals surface area contributed by atoms with Gasteiger partial charge in [0.15, 0.2) is 0 Å². The summed E-state index contributed by atoms with van der Waals surface area (Å²) in [5.41, 5.74) is 2.89. The number of ether oxygens (including phenoxy) is 1. The van der Waals surface area contributed by atoms with E-state index in [0.717, 1.165) is 21.3 Å². The Bertz CT molecular complexity index is 599. The van der Waals surface area contributed by atoms with Crippen LogP contribution < -0.4 is 4.90 Å². The van der Waals surface area contributed by atoms with Crippen LogP contribution in [0, 0.1) is 6.92 Å². The molecule has 0 heterocycles. The molecule has 2 aromatic carbocycles. The van der Waals surface area contributed by atoms with E-state index in [0.29, 0.717) is 0 Å². The Labute approximate surface area is 127 Å². The highest BCUT2D eigenvalue weighted by molar-refractivity contribution is 9.10. The van der Waals surface area contributed by atoms with Gasteiger partial charge in [0, 0.05) is 11.5 Å². The zero-order valence-corrected chi connectivity index (χ0v) is 13.1. The van der Waals surface area contributed by atoms with Crippen molar-refractivity contribution in [2.45, 2.75) is 13.5 Å². The fourth-order valence-electron chi connectivity index (χ4n) is 1.80. The lowest BCUT2D eigenvalue weighted by Crippen LogP contribution is -2.27. The Kier molecular flexibility index (Phi) is 4.79. The Balaban J connectivity index is 2.01. The van der Waals surface area contributed by atoms with Crippen molar-refractivity contribution in [1.82, 2.24) is 0 Å². The van der Waals surface area contributed by atoms with E-state index < -0.39 is 0 Å². The Morgan fingerprint density at radius 2 is 1.90 bits per heavy atom. The highest BCUT2D eigenvalue weighted by atomic mass is 79.9. The molecule has 0 unspecified atom stereocenters. The maximum atomic E-state index is 12.0. The van der Waals surface area contributed by atoms with Crippen molar-refractivity contribution in [3.8, 4) is 0 Å². The van der Waals surface area contributed by atoms with E-state index in [2.05, 4.69) is 15.9 Å². The highest BCUT2D eigenvalue weighted by Gasteiger charge is 2.15. The van der Waals surface area contributed by atoms with E-state index >= 15 is 0 Å². The summed E-state index contributed by atoms with van der Waals surface area (Å²) in [5, 5.41) is 0. The highest BCUT2D eigenvalue weighted by Crippen LogP contribution is 2.26. The fraction of sp³-hybridized carbons (Fsp3) is 0.188. The van der Waals surface area contributed by atoms with Gasteiger partial charge < -0.3 is 4.74 Å². The van der Waals surface area contributed by atoms with E-state index in [9.17, 15) is 4.79 Å². The van der Waals surface area contributed by atoms with Gasteiger partial charge in [0.25, 0.3) is 0 Å². The lowest BCUT2D eigenvalue weighted by molar-refractivity contribution is 0.148. The van der Waals surface area contributed by atoms with Gasteiger partial charge in [0.05, 0.1) is 5.69 Å². The maximum Gasteiger partial charge on any atom is 0.414 e. The van der Waals surface area contributed by atoms with Gasteiger partial charge in [0.2, 0.25) is 0 Å². The van der Waals surface area contributed by atoms with E-state index in [4.69, 9.17) is 4.74 Å². The predicted molar refractivity (Wildman–Crippen MR) is 83.9 cm³/mol. The standard InChI is InChI=1S/C16H16BrNO2/c1-12-8-9-15(14(17)10-12)18(2)16(19)20-11-13-6-4-3-5-7-13/h3-10H,11H2,1-2H3. The normalized spacial score (nSPS) is 10.2. The number of anilines is 1. The SMILES string of the molecule is Cc1ccc(N(C)C(=O)OCc2ccccc2)c(Br)c1. The molecule has 0 saturated heterocycles. The number of rotatable bonds is 3. The van der Waals surface area contributed by atoms with Crippen LogP contribution in [0.2, 0.25) is 0 Å². The van der Waals surface area contributed by atoms with Crippen molar-refractivity contribution in [2.24, 2.45) is 0 Å². The Hall–Kier alpha value is -1.81. The number of hydrogen-bond donors (Lipinski definition) is 0. The lowest BCUT2D eigenvalue weighted by Gasteiger charge is -2.18. The first-order valence-corrected chi connectivity index (χ1v) is 7.08. The topological polar surface area (TPSA) is 29.5 Å². The summed E-state index contributed by atoms with van der Waals surface area (Å²) in [6, 6.07) is 15.4. The van der Waals surface area contributed by atoms with Crippen LogP contribution in [0.1, 0.15) is 11.1 Å². The first-order valence-electron chi connectivity index (χ1n) is 6.28. The molecule has 0 aliphatic heterocycles. The molecular formula is C16H16BrNO2. The zero-order valence-electron chi connectivity index (χ0n) is 11.5. The minimum Gasteiger partial charge on any atom is -0.444 e. The molecule has 4 heteroatoms. The van der Waals surface area contributed by atoms with Crippen molar-refractivity contribution >= 4 is 27.7 Å². The summed E-state index contributed by atoms with van der Waals surface area (Å²) in [6.45, 7) is 2.27. The number of halogens is 1. The third-order valence-electron chi connectivity index (χ3n) is 2.94. The summed E-state index contributed by atoms with van der Waals surface area (Å²) >= 11 is 3.46. The van der Waals surface area contributed by atoms with Crippen LogP contribution in [0.25, 0.3) is 0 Å². The third kappa shape index (κ3) is 3.61. The molecule has 0 N–H and O–H groups in total. The molecule has 104 valence electrons. The molecule has 3 nitrogen and oxygen atoms in total. The minimum absolute atomic E-state index is 0.271. The smallest absolute Gasteiger partial charge is 0.414 e. The molecule has 0 aliphatic rings. The van der Waals surface area contributed by atoms with Crippen molar-refractivity contribution < 1.29 is 9.53 Å². The summed E-state index contributed by atoms with van der Waals surface area (Å²) < 4.78 is 6.17. The third-order valence-corrected chi connectivity index (χ3v) is 3.58. The van der Waals surface area contributed by atoms with Gasteiger partial charge >= 0.3 is 6.09 Å². The molecule has 0 aromatic heterocycles. The van der Waals surface area contributed by atoms with Crippen LogP contribution in [-0.2, 0) is 11.3 Å². The Morgan fingerprint density at radius 1 is 1.20 bits per heavy atom. The molecule has 2 rings (SSSR count). The van der Waals surface area contributed by atoms with E-state index in [-0.39, 0.29) is 12.7 Å². The van der Waals surface area contributed by atoms with Gasteiger partial charge in [-0.2, -0.15) is 0 Å². The number of nitrogens with zero attached hydrogens (tertiary/aromatic N) is 1. The van der Waals surface area contributed by atoms with Crippen molar-refractivity contribution in [1.29, 1.82) is 0 Å². The number of amides is 1. The van der Waals surface area contributed by atoms with Crippen LogP contribution in [-0.4, -0.2) is 13.1 Å². The second-order valence-corrected chi connectivity index (χ2v) is 5.41. The molecule has 0 spiro atoms. The number of hydrogen-bond acceptors (Lipinski definition) is 2. The number of carbonyl (C=O) groups is 1. The van der Waals surface area contributed by atoms with Crippen LogP contribution in [0.5, 0.6) is 0 Å². The van der Waals surface area contributed by atoms with Gasteiger partial charge in [-0.1, -0.05) is 36.4 Å². The van der Waals surface area contributed by atoms with Crippen LogP contribution in [0.15, 0.2) is 53.0 Å². The largest absolute Gasteiger partial charge is 0.444 e. The molecule has 20 heavy (non-hydrogen) atoms. The van der Waals surface area contributed by atoms with Crippen molar-refractivity contribution in [2.75, 3.05) is 11.9 Å². The molecule has 1 amide bonds. The Morgan fingerprint density at radius 3 is 2.55 bits per heavy atom. The van der Waals surface area contributed by atoms with E-state index in [1.165, 1.54) is 4.90 Å². The molecular weight excluding hydrogens is 318 g/mol. The average molecular weight is 334 g/mol. The molecule has 2 aromatic rings. The predicted octanol–water partition coefficient (Wildman–Crippen LogP) is 4.53. The van der Waals surface area contributed by atoms with Crippen LogP contribution in [0.3, 0.4) is 0 Å². The molecule has 0 atom stereocenters. The number of aryl methyl sites for hydroxylation is 1. The molecule has 0 bridgehead atoms. The van der Waals surface area contributed by atoms with Crippen LogP contribution >= 0.6 is 15.9 Å². The van der Waals surface area contributed by atoms with Gasteiger partial charge in [-0.15, -0.1) is 0 Å². The maximum absolute atomic E-state index is 12.0. The minimum atomic E-state index is -0.376. The second-order valence-electron chi connectivity index (χ2n) is 4.55. The van der Waals surface area contributed by atoms with Gasteiger partial charge in [-0.05, 0) is 46.1 Å². The monoisotopic (exact) mass is 333 g/mol. The van der Waals surface area contributed by atoms with Gasteiger partial charge in [0.1, 0.15) is 6.61 Å². The fourth-order valence-corrected chi connectivity index (χ4v) is 2.56. The van der Waals surface area contributed by atoms with Crippen molar-refractivity contribution in [3.05, 3.63) is 64.1 Å². The number of benzene rings is 2. The summed E-state index contributed by atoms with van der Waals surface area (Å²) in [7, 11) is 1.70. The second kappa shape index (κ2) is 6.57. The van der Waals surface area contributed by atoms with Gasteiger partial charge in [-0.3, -0.25) is 4.90 Å². The van der Waals surface area contributed by atoms with Gasteiger partial charge in [-0.25, -0.2) is 4.79 Å². The first-order chi connectivity index (χ1) is 9.58. The van der Waals surface area contributed by atoms with Crippen LogP contribution in [0.4, 0.5) is 10.5 Å². The quantitative estimate of drug-likeness (QED) is 0.825. The summed E-state index contributed by atoms with van der Waals surface area (Å²) in [6.07, 6.45) is -0.376. The number of carbonyl (C=O) groups excluding carboxylic acids is 1. The molecule has 0 fully saturated rings. The van der Waals surface area contributed by atoms with Crippen molar-refractivity contribution in [3.63, 3.8) is 0 Å². The van der Waals surface area contributed by atoms with E-state index in [1.54, 1.807) is 7.05 Å². The van der Waals surface area contributed by atoms with E-state index in [1.807, 2.05) is 55.5 Å². The lowest BCUT2D eigenvalue weighted by atomic mass is 10.2. The summed E-state index contributed by atoms with van der Waals surface area (Å²) in [5.74, 6) is 0. The summed E-state index contributed by atoms with van der Waals surface area (Å²) in [4.78, 5) is 13.5. The first kappa shape index (κ1) is 14.6. The average Bonchev–Trinajstić information content (AvgIpc) is 2.45. The molecule has 0 aliphatic carbocycles. The molecule has 0 saturated carbocycles. The molecule has 0 radical (unpaired) electrons. The zero-order chi connectivity index (χ0) is 14.5.